The van der Waals surface area contributed by atoms with Gasteiger partial charge in [-0.25, -0.2) is 20.1 Å². The molecule has 0 bridgehead atoms. The number of aromatic amines is 1. The first-order valence-corrected chi connectivity index (χ1v) is 11.8. The number of carbonyl (C=O) groups excluding carboxylic acids is 2. The van der Waals surface area contributed by atoms with E-state index in [0.717, 1.165) is 36.0 Å². The van der Waals surface area contributed by atoms with Gasteiger partial charge in [-0.05, 0) is 37.0 Å². The normalized spacial score (nSPS) is 15.7. The molecule has 2 N–H and O–H groups in total. The van der Waals surface area contributed by atoms with E-state index in [4.69, 9.17) is 14.3 Å². The number of H-pyrrole nitrogens is 1. The molecule has 182 valence electrons. The maximum Gasteiger partial charge on any atom is 0.357 e. The largest absolute Gasteiger partial charge is 0.461 e. The Balaban J connectivity index is 1.38. The maximum absolute atomic E-state index is 12.5. The molecule has 1 unspecified atom stereocenters. The average molecular weight is 476 g/mol. The van der Waals surface area contributed by atoms with E-state index < -0.39 is 5.97 Å². The Labute approximate surface area is 204 Å². The number of carbonyl (C=O) groups is 2. The molecular formula is C27H29N3O5. The standard InChI is InChI=1S/C27H29N3O5/c1-2-33-27(32)26-25(21-8-4-3-5-9-21)28-22(29-26)18-20-13-11-19(12-14-20)15-16-23(31)30-35-24-10-6-7-17-34-24/h3-5,8-9,11-16,24H,2,6-7,10,17-18H2,1H3,(H,28,29)(H,30,31)/b16-15+. The summed E-state index contributed by atoms with van der Waals surface area (Å²) in [5, 5.41) is 0. The maximum atomic E-state index is 12.5. The second-order valence-corrected chi connectivity index (χ2v) is 8.13. The highest BCUT2D eigenvalue weighted by atomic mass is 16.8. The number of nitrogens with zero attached hydrogens (tertiary/aromatic N) is 1. The highest BCUT2D eigenvalue weighted by Gasteiger charge is 2.20. The highest BCUT2D eigenvalue weighted by Crippen LogP contribution is 2.23. The summed E-state index contributed by atoms with van der Waals surface area (Å²) in [6.07, 6.45) is 6.08. The van der Waals surface area contributed by atoms with E-state index >= 15 is 0 Å². The SMILES string of the molecule is CCOC(=O)c1[nH]c(Cc2ccc(/C=C/C(=O)NOC3CCCCO3)cc2)nc1-c1ccccc1. The van der Waals surface area contributed by atoms with Crippen molar-refractivity contribution in [1.29, 1.82) is 0 Å². The number of amides is 1. The van der Waals surface area contributed by atoms with Crippen molar-refractivity contribution in [3.8, 4) is 11.3 Å². The lowest BCUT2D eigenvalue weighted by Gasteiger charge is -2.21. The van der Waals surface area contributed by atoms with Gasteiger partial charge in [0.1, 0.15) is 11.5 Å². The summed E-state index contributed by atoms with van der Waals surface area (Å²) in [5.74, 6) is -0.113. The minimum Gasteiger partial charge on any atom is -0.461 e. The van der Waals surface area contributed by atoms with Gasteiger partial charge in [0.25, 0.3) is 5.91 Å². The molecule has 8 heteroatoms. The fraction of sp³-hybridized carbons (Fsp3) is 0.296. The Morgan fingerprint density at radius 2 is 1.94 bits per heavy atom. The van der Waals surface area contributed by atoms with Crippen molar-refractivity contribution in [2.45, 2.75) is 38.9 Å². The van der Waals surface area contributed by atoms with Gasteiger partial charge in [-0.3, -0.25) is 4.79 Å². The zero-order valence-electron chi connectivity index (χ0n) is 19.7. The van der Waals surface area contributed by atoms with E-state index in [1.807, 2.05) is 54.6 Å². The van der Waals surface area contributed by atoms with E-state index in [2.05, 4.69) is 15.4 Å². The third kappa shape index (κ3) is 6.88. The zero-order valence-corrected chi connectivity index (χ0v) is 19.7. The molecule has 0 spiro atoms. The lowest BCUT2D eigenvalue weighted by Crippen LogP contribution is -2.32. The molecule has 1 atom stereocenters. The molecule has 1 aliphatic heterocycles. The van der Waals surface area contributed by atoms with Gasteiger partial charge < -0.3 is 14.5 Å². The van der Waals surface area contributed by atoms with Gasteiger partial charge in [0.05, 0.1) is 6.61 Å². The molecule has 4 rings (SSSR count). The third-order valence-corrected chi connectivity index (χ3v) is 5.49. The summed E-state index contributed by atoms with van der Waals surface area (Å²) in [4.78, 5) is 37.5. The van der Waals surface area contributed by atoms with Gasteiger partial charge in [-0.15, -0.1) is 0 Å². The van der Waals surface area contributed by atoms with E-state index in [0.29, 0.717) is 30.2 Å². The van der Waals surface area contributed by atoms with Crippen LogP contribution >= 0.6 is 0 Å². The fourth-order valence-corrected chi connectivity index (χ4v) is 3.74. The van der Waals surface area contributed by atoms with Crippen LogP contribution in [0.2, 0.25) is 0 Å². The molecule has 1 amide bonds. The molecule has 3 aromatic rings. The minimum absolute atomic E-state index is 0.287. The van der Waals surface area contributed by atoms with Crippen LogP contribution in [0.3, 0.4) is 0 Å². The second-order valence-electron chi connectivity index (χ2n) is 8.13. The number of rotatable bonds is 9. The summed E-state index contributed by atoms with van der Waals surface area (Å²) in [7, 11) is 0. The molecule has 1 fully saturated rings. The van der Waals surface area contributed by atoms with Crippen LogP contribution in [0.25, 0.3) is 17.3 Å². The average Bonchev–Trinajstić information content (AvgIpc) is 3.32. The van der Waals surface area contributed by atoms with Gasteiger partial charge in [0, 0.05) is 31.1 Å². The lowest BCUT2D eigenvalue weighted by molar-refractivity contribution is -0.198. The van der Waals surface area contributed by atoms with Crippen LogP contribution in [0.1, 0.15) is 53.6 Å². The fourth-order valence-electron chi connectivity index (χ4n) is 3.74. The van der Waals surface area contributed by atoms with Crippen LogP contribution < -0.4 is 5.48 Å². The Morgan fingerprint density at radius 3 is 2.66 bits per heavy atom. The van der Waals surface area contributed by atoms with Crippen LogP contribution in [0.15, 0.2) is 60.7 Å². The van der Waals surface area contributed by atoms with E-state index in [-0.39, 0.29) is 18.8 Å². The number of hydrogen-bond acceptors (Lipinski definition) is 6. The first-order valence-electron chi connectivity index (χ1n) is 11.8. The number of hydrogen-bond donors (Lipinski definition) is 2. The molecule has 2 aromatic carbocycles. The van der Waals surface area contributed by atoms with Crippen LogP contribution in [0.4, 0.5) is 0 Å². The topological polar surface area (TPSA) is 103 Å². The number of aromatic nitrogens is 2. The Bertz CT molecular complexity index is 1150. The first kappa shape index (κ1) is 24.4. The second kappa shape index (κ2) is 12.1. The highest BCUT2D eigenvalue weighted by molar-refractivity contribution is 5.94. The molecule has 2 heterocycles. The number of ether oxygens (including phenoxy) is 2. The number of hydroxylamine groups is 1. The summed E-state index contributed by atoms with van der Waals surface area (Å²) in [6.45, 7) is 2.71. The smallest absolute Gasteiger partial charge is 0.357 e. The molecule has 0 radical (unpaired) electrons. The summed E-state index contributed by atoms with van der Waals surface area (Å²) in [6, 6.07) is 17.3. The van der Waals surface area contributed by atoms with Crippen LogP contribution in [-0.2, 0) is 25.5 Å². The number of imidazole rings is 1. The summed E-state index contributed by atoms with van der Waals surface area (Å²) < 4.78 is 10.6. The van der Waals surface area contributed by atoms with Gasteiger partial charge >= 0.3 is 5.97 Å². The molecule has 8 nitrogen and oxygen atoms in total. The molecule has 0 aliphatic carbocycles. The molecule has 0 saturated carbocycles. The zero-order chi connectivity index (χ0) is 24.5. The van der Waals surface area contributed by atoms with E-state index in [1.54, 1.807) is 13.0 Å². The van der Waals surface area contributed by atoms with Crippen molar-refractivity contribution < 1.29 is 23.9 Å². The van der Waals surface area contributed by atoms with Gasteiger partial charge in [0.2, 0.25) is 0 Å². The number of esters is 1. The summed E-state index contributed by atoms with van der Waals surface area (Å²) in [5.41, 5.74) is 6.05. The Hall–Kier alpha value is -3.75. The molecule has 1 saturated heterocycles. The van der Waals surface area contributed by atoms with Crippen molar-refractivity contribution in [2.75, 3.05) is 13.2 Å². The van der Waals surface area contributed by atoms with E-state index in [9.17, 15) is 9.59 Å². The monoisotopic (exact) mass is 475 g/mol. The minimum atomic E-state index is -0.428. The molecular weight excluding hydrogens is 446 g/mol. The predicted octanol–water partition coefficient (Wildman–Crippen LogP) is 4.43. The van der Waals surface area contributed by atoms with Crippen molar-refractivity contribution >= 4 is 18.0 Å². The Morgan fingerprint density at radius 1 is 1.14 bits per heavy atom. The molecule has 1 aliphatic rings. The lowest BCUT2D eigenvalue weighted by atomic mass is 10.1. The third-order valence-electron chi connectivity index (χ3n) is 5.49. The van der Waals surface area contributed by atoms with Crippen LogP contribution in [0, 0.1) is 0 Å². The van der Waals surface area contributed by atoms with Gasteiger partial charge in [-0.1, -0.05) is 54.6 Å². The van der Waals surface area contributed by atoms with Crippen molar-refractivity contribution in [3.63, 3.8) is 0 Å². The molecule has 35 heavy (non-hydrogen) atoms. The first-order chi connectivity index (χ1) is 17.1. The number of nitrogens with one attached hydrogen (secondary N) is 2. The predicted molar refractivity (Wildman–Crippen MR) is 131 cm³/mol. The Kier molecular flexibility index (Phi) is 8.43. The van der Waals surface area contributed by atoms with Crippen LogP contribution in [-0.4, -0.2) is 41.3 Å². The van der Waals surface area contributed by atoms with Gasteiger partial charge in [0.15, 0.2) is 12.0 Å². The van der Waals surface area contributed by atoms with Crippen molar-refractivity contribution in [2.24, 2.45) is 0 Å². The molecule has 1 aromatic heterocycles. The summed E-state index contributed by atoms with van der Waals surface area (Å²) >= 11 is 0. The van der Waals surface area contributed by atoms with Crippen molar-refractivity contribution in [3.05, 3.63) is 83.3 Å². The van der Waals surface area contributed by atoms with Crippen LogP contribution in [0.5, 0.6) is 0 Å². The van der Waals surface area contributed by atoms with Gasteiger partial charge in [-0.2, -0.15) is 0 Å². The number of benzene rings is 2. The van der Waals surface area contributed by atoms with Crippen molar-refractivity contribution in [1.82, 2.24) is 15.4 Å². The quantitative estimate of drug-likeness (QED) is 0.270. The van der Waals surface area contributed by atoms with E-state index in [1.165, 1.54) is 6.08 Å².